The number of rotatable bonds is 5. The van der Waals surface area contributed by atoms with Crippen LogP contribution in [0.1, 0.15) is 46.0 Å². The fourth-order valence-electron chi connectivity index (χ4n) is 1.94. The van der Waals surface area contributed by atoms with Crippen molar-refractivity contribution < 1.29 is 0 Å². The largest absolute Gasteiger partial charge is 0.0654 e. The average Bonchev–Trinajstić information content (AvgIpc) is 2.50. The first-order valence-electron chi connectivity index (χ1n) is 7.49. The van der Waals surface area contributed by atoms with Gasteiger partial charge in [-0.3, -0.25) is 0 Å². The number of unbranched alkanes of at least 4 members (excludes halogenated alkanes) is 4. The van der Waals surface area contributed by atoms with Crippen LogP contribution in [-0.2, 0) is 0 Å². The zero-order valence-electron chi connectivity index (χ0n) is 12.3. The smallest absolute Gasteiger partial charge is 0.0184 e. The lowest BCUT2D eigenvalue weighted by molar-refractivity contribution is 0.656. The van der Waals surface area contributed by atoms with Gasteiger partial charge in [0.1, 0.15) is 0 Å². The standard InChI is InChI=1S/C12H10.C7H16/c1-3-7-11(8-4-1)12-9-5-2-6-10-12;1-3-5-7-6-4-2/h1-10H;3-7H2,1-2H3. The van der Waals surface area contributed by atoms with Gasteiger partial charge in [0.2, 0.25) is 0 Å². The van der Waals surface area contributed by atoms with Crippen LogP contribution in [0.4, 0.5) is 0 Å². The van der Waals surface area contributed by atoms with E-state index in [0.29, 0.717) is 0 Å². The Labute approximate surface area is 118 Å². The quantitative estimate of drug-likeness (QED) is 0.547. The van der Waals surface area contributed by atoms with Gasteiger partial charge in [0.05, 0.1) is 0 Å². The van der Waals surface area contributed by atoms with Crippen molar-refractivity contribution in [3.8, 4) is 11.1 Å². The second-order valence-electron chi connectivity index (χ2n) is 4.79. The third-order valence-electron chi connectivity index (χ3n) is 3.09. The van der Waals surface area contributed by atoms with Crippen LogP contribution in [0.25, 0.3) is 11.1 Å². The molecule has 2 aromatic rings. The Bertz CT molecular complexity index is 361. The molecule has 0 aliphatic heterocycles. The molecule has 0 aliphatic carbocycles. The van der Waals surface area contributed by atoms with Gasteiger partial charge in [-0.15, -0.1) is 0 Å². The molecular formula is C19H26. The summed E-state index contributed by atoms with van der Waals surface area (Å²) >= 11 is 0. The summed E-state index contributed by atoms with van der Waals surface area (Å²) in [5.41, 5.74) is 2.55. The monoisotopic (exact) mass is 254 g/mol. The fraction of sp³-hybridized carbons (Fsp3) is 0.368. The summed E-state index contributed by atoms with van der Waals surface area (Å²) < 4.78 is 0. The van der Waals surface area contributed by atoms with Gasteiger partial charge in [0.15, 0.2) is 0 Å². The maximum Gasteiger partial charge on any atom is -0.0184 e. The van der Waals surface area contributed by atoms with Gasteiger partial charge >= 0.3 is 0 Å². The molecule has 0 nitrogen and oxygen atoms in total. The number of benzene rings is 2. The Morgan fingerprint density at radius 3 is 1.21 bits per heavy atom. The SMILES string of the molecule is CCCCCCC.c1ccc(-c2ccccc2)cc1. The minimum absolute atomic E-state index is 1.28. The van der Waals surface area contributed by atoms with Crippen molar-refractivity contribution in [1.82, 2.24) is 0 Å². The van der Waals surface area contributed by atoms with Gasteiger partial charge in [-0.2, -0.15) is 0 Å². The first-order valence-corrected chi connectivity index (χ1v) is 7.49. The summed E-state index contributed by atoms with van der Waals surface area (Å²) in [7, 11) is 0. The van der Waals surface area contributed by atoms with Gasteiger partial charge in [0.25, 0.3) is 0 Å². The lowest BCUT2D eigenvalue weighted by atomic mass is 10.1. The minimum Gasteiger partial charge on any atom is -0.0654 e. The van der Waals surface area contributed by atoms with Crippen molar-refractivity contribution in [2.24, 2.45) is 0 Å². The Morgan fingerprint density at radius 2 is 0.895 bits per heavy atom. The maximum absolute atomic E-state index is 2.25. The lowest BCUT2D eigenvalue weighted by Crippen LogP contribution is -1.73. The molecule has 19 heavy (non-hydrogen) atoms. The molecule has 0 amide bonds. The van der Waals surface area contributed by atoms with E-state index in [1.54, 1.807) is 0 Å². The zero-order valence-corrected chi connectivity index (χ0v) is 12.3. The molecule has 102 valence electrons. The van der Waals surface area contributed by atoms with E-state index in [2.05, 4.69) is 62.4 Å². The Hall–Kier alpha value is -1.56. The van der Waals surface area contributed by atoms with Gasteiger partial charge in [-0.05, 0) is 11.1 Å². The van der Waals surface area contributed by atoms with Crippen molar-refractivity contribution >= 4 is 0 Å². The van der Waals surface area contributed by atoms with E-state index in [-0.39, 0.29) is 0 Å². The van der Waals surface area contributed by atoms with Crippen LogP contribution in [0, 0.1) is 0 Å². The van der Waals surface area contributed by atoms with Gasteiger partial charge < -0.3 is 0 Å². The molecule has 0 heterocycles. The first-order chi connectivity index (χ1) is 9.38. The normalized spacial score (nSPS) is 9.58. The van der Waals surface area contributed by atoms with Crippen molar-refractivity contribution in [2.45, 2.75) is 46.0 Å². The zero-order chi connectivity index (χ0) is 13.8. The second kappa shape index (κ2) is 10.4. The van der Waals surface area contributed by atoms with Crippen LogP contribution in [0.15, 0.2) is 60.7 Å². The van der Waals surface area contributed by atoms with E-state index in [0.717, 1.165) is 0 Å². The highest BCUT2D eigenvalue weighted by Gasteiger charge is 1.91. The molecule has 0 atom stereocenters. The van der Waals surface area contributed by atoms with Crippen molar-refractivity contribution in [3.05, 3.63) is 60.7 Å². The molecule has 0 fully saturated rings. The Morgan fingerprint density at radius 1 is 0.526 bits per heavy atom. The molecule has 0 unspecified atom stereocenters. The van der Waals surface area contributed by atoms with Crippen LogP contribution >= 0.6 is 0 Å². The molecule has 0 N–H and O–H groups in total. The van der Waals surface area contributed by atoms with Crippen LogP contribution in [0.2, 0.25) is 0 Å². The average molecular weight is 254 g/mol. The molecular weight excluding hydrogens is 228 g/mol. The van der Waals surface area contributed by atoms with Gasteiger partial charge in [-0.25, -0.2) is 0 Å². The Kier molecular flexibility index (Phi) is 8.46. The van der Waals surface area contributed by atoms with Gasteiger partial charge in [-0.1, -0.05) is 107 Å². The molecule has 0 bridgehead atoms. The summed E-state index contributed by atoms with van der Waals surface area (Å²) in [4.78, 5) is 0. The van der Waals surface area contributed by atoms with Gasteiger partial charge in [0, 0.05) is 0 Å². The van der Waals surface area contributed by atoms with E-state index < -0.39 is 0 Å². The number of hydrogen-bond acceptors (Lipinski definition) is 0. The number of hydrogen-bond donors (Lipinski definition) is 0. The third-order valence-corrected chi connectivity index (χ3v) is 3.09. The van der Waals surface area contributed by atoms with E-state index >= 15 is 0 Å². The summed E-state index contributed by atoms with van der Waals surface area (Å²) in [5, 5.41) is 0. The topological polar surface area (TPSA) is 0 Å². The molecule has 2 rings (SSSR count). The highest BCUT2D eigenvalue weighted by molar-refractivity contribution is 5.62. The molecule has 0 aliphatic rings. The second-order valence-corrected chi connectivity index (χ2v) is 4.79. The van der Waals surface area contributed by atoms with Crippen LogP contribution in [-0.4, -0.2) is 0 Å². The molecule has 0 aromatic heterocycles. The molecule has 0 saturated carbocycles. The third kappa shape index (κ3) is 6.81. The van der Waals surface area contributed by atoms with Crippen molar-refractivity contribution in [3.63, 3.8) is 0 Å². The highest BCUT2D eigenvalue weighted by atomic mass is 14.0. The minimum atomic E-state index is 1.28. The summed E-state index contributed by atoms with van der Waals surface area (Å²) in [6, 6.07) is 20.8. The van der Waals surface area contributed by atoms with E-state index in [1.807, 2.05) is 12.1 Å². The fourth-order valence-corrected chi connectivity index (χ4v) is 1.94. The van der Waals surface area contributed by atoms with Crippen molar-refractivity contribution in [1.29, 1.82) is 0 Å². The van der Waals surface area contributed by atoms with E-state index in [1.165, 1.54) is 43.2 Å². The van der Waals surface area contributed by atoms with Crippen molar-refractivity contribution in [2.75, 3.05) is 0 Å². The first kappa shape index (κ1) is 15.5. The van der Waals surface area contributed by atoms with Crippen LogP contribution in [0.5, 0.6) is 0 Å². The van der Waals surface area contributed by atoms with Crippen LogP contribution < -0.4 is 0 Å². The Balaban J connectivity index is 0.000000224. The molecule has 0 saturated heterocycles. The van der Waals surface area contributed by atoms with Crippen LogP contribution in [0.3, 0.4) is 0 Å². The van der Waals surface area contributed by atoms with E-state index in [4.69, 9.17) is 0 Å². The molecule has 2 aromatic carbocycles. The molecule has 0 spiro atoms. The summed E-state index contributed by atoms with van der Waals surface area (Å²) in [6.07, 6.45) is 7.01. The highest BCUT2D eigenvalue weighted by Crippen LogP contribution is 2.17. The molecule has 0 radical (unpaired) electrons. The predicted octanol–water partition coefficient (Wildman–Crippen LogP) is 6.33. The predicted molar refractivity (Wildman–Crippen MR) is 86.3 cm³/mol. The summed E-state index contributed by atoms with van der Waals surface area (Å²) in [6.45, 7) is 4.49. The lowest BCUT2D eigenvalue weighted by Gasteiger charge is -1.98. The molecule has 0 heteroatoms. The summed E-state index contributed by atoms with van der Waals surface area (Å²) in [5.74, 6) is 0. The maximum atomic E-state index is 2.25. The van der Waals surface area contributed by atoms with E-state index in [9.17, 15) is 0 Å².